The molecule has 248 valence electrons. The van der Waals surface area contributed by atoms with Gasteiger partial charge in [0.05, 0.1) is 32.3 Å². The van der Waals surface area contributed by atoms with Crippen LogP contribution in [0, 0.1) is 0 Å². The van der Waals surface area contributed by atoms with Gasteiger partial charge in [0.1, 0.15) is 23.0 Å². The highest BCUT2D eigenvalue weighted by Gasteiger charge is 2.34. The summed E-state index contributed by atoms with van der Waals surface area (Å²) in [4.78, 5) is 27.4. The predicted octanol–water partition coefficient (Wildman–Crippen LogP) is 7.50. The van der Waals surface area contributed by atoms with Gasteiger partial charge in [0.15, 0.2) is 0 Å². The van der Waals surface area contributed by atoms with E-state index in [4.69, 9.17) is 14.2 Å². The molecule has 0 bridgehead atoms. The van der Waals surface area contributed by atoms with Gasteiger partial charge in [0.2, 0.25) is 5.91 Å². The van der Waals surface area contributed by atoms with Gasteiger partial charge in [-0.05, 0) is 78.2 Å². The first-order valence-electron chi connectivity index (χ1n) is 15.1. The zero-order chi connectivity index (χ0) is 33.8. The number of unbranched alkanes of at least 4 members (excludes halogenated alkanes) is 1. The Kier molecular flexibility index (Phi) is 12.2. The molecular formula is C36H37F3N2O6. The van der Waals surface area contributed by atoms with E-state index in [9.17, 15) is 27.9 Å². The third kappa shape index (κ3) is 10.2. The van der Waals surface area contributed by atoms with E-state index in [1.807, 2.05) is 36.4 Å². The molecule has 0 saturated carbocycles. The molecular weight excluding hydrogens is 613 g/mol. The summed E-state index contributed by atoms with van der Waals surface area (Å²) in [6, 6.07) is 24.1. The fraction of sp³-hybridized carbons (Fsp3) is 0.278. The van der Waals surface area contributed by atoms with E-state index in [0.717, 1.165) is 30.2 Å². The molecule has 4 aromatic rings. The quantitative estimate of drug-likeness (QED) is 0.129. The fourth-order valence-electron chi connectivity index (χ4n) is 4.71. The van der Waals surface area contributed by atoms with Crippen LogP contribution < -0.4 is 19.5 Å². The summed E-state index contributed by atoms with van der Waals surface area (Å²) in [5.74, 6) is 1.02. The Morgan fingerprint density at radius 2 is 1.57 bits per heavy atom. The second-order valence-corrected chi connectivity index (χ2v) is 10.7. The number of amides is 2. The molecule has 2 N–H and O–H groups in total. The van der Waals surface area contributed by atoms with Crippen molar-refractivity contribution in [1.29, 1.82) is 0 Å². The smallest absolute Gasteiger partial charge is 0.416 e. The number of carbonyl (C=O) groups excluding carboxylic acids is 2. The number of rotatable bonds is 15. The van der Waals surface area contributed by atoms with Gasteiger partial charge in [-0.3, -0.25) is 9.59 Å². The zero-order valence-corrected chi connectivity index (χ0v) is 26.2. The summed E-state index contributed by atoms with van der Waals surface area (Å²) >= 11 is 0. The first-order chi connectivity index (χ1) is 22.6. The van der Waals surface area contributed by atoms with Gasteiger partial charge in [0, 0.05) is 30.4 Å². The molecule has 0 unspecified atom stereocenters. The molecule has 0 fully saturated rings. The second kappa shape index (κ2) is 16.5. The number of alkyl halides is 3. The minimum atomic E-state index is -4.65. The number of anilines is 1. The molecule has 4 aromatic carbocycles. The Hall–Kier alpha value is -5.03. The Morgan fingerprint density at radius 1 is 0.872 bits per heavy atom. The van der Waals surface area contributed by atoms with E-state index in [2.05, 4.69) is 12.2 Å². The molecule has 11 heteroatoms. The van der Waals surface area contributed by atoms with E-state index in [1.54, 1.807) is 12.1 Å². The Bertz CT molecular complexity index is 1630. The van der Waals surface area contributed by atoms with E-state index in [1.165, 1.54) is 48.4 Å². The lowest BCUT2D eigenvalue weighted by molar-refractivity contribution is -0.138. The molecule has 2 amide bonds. The summed E-state index contributed by atoms with van der Waals surface area (Å²) in [6.45, 7) is 2.80. The van der Waals surface area contributed by atoms with Crippen molar-refractivity contribution in [3.8, 4) is 23.0 Å². The molecule has 0 aliphatic carbocycles. The van der Waals surface area contributed by atoms with Crippen LogP contribution in [0.25, 0.3) is 0 Å². The second-order valence-electron chi connectivity index (χ2n) is 10.7. The van der Waals surface area contributed by atoms with Crippen LogP contribution in [-0.4, -0.2) is 48.7 Å². The van der Waals surface area contributed by atoms with Gasteiger partial charge < -0.3 is 29.5 Å². The lowest BCUT2D eigenvalue weighted by Crippen LogP contribution is -2.33. The molecule has 0 aromatic heterocycles. The number of methoxy groups -OCH3 is 1. The fourth-order valence-corrected chi connectivity index (χ4v) is 4.71. The highest BCUT2D eigenvalue weighted by molar-refractivity contribution is 5.96. The van der Waals surface area contributed by atoms with Crippen molar-refractivity contribution in [2.75, 3.05) is 32.2 Å². The van der Waals surface area contributed by atoms with Crippen molar-refractivity contribution in [1.82, 2.24) is 4.90 Å². The number of carbonyl (C=O) groups is 2. The monoisotopic (exact) mass is 650 g/mol. The minimum Gasteiger partial charge on any atom is -0.497 e. The van der Waals surface area contributed by atoms with Gasteiger partial charge in [-0.2, -0.15) is 13.2 Å². The van der Waals surface area contributed by atoms with Gasteiger partial charge >= 0.3 is 6.18 Å². The van der Waals surface area contributed by atoms with E-state index in [-0.39, 0.29) is 36.9 Å². The van der Waals surface area contributed by atoms with Crippen molar-refractivity contribution in [3.63, 3.8) is 0 Å². The average Bonchev–Trinajstić information content (AvgIpc) is 3.05. The zero-order valence-electron chi connectivity index (χ0n) is 26.2. The standard InChI is InChI=1S/C36H37F3N2O6/c1-3-4-20-46-31-6-5-7-32(22-31)47-29-15-8-25(9-16-29)24-41(18-19-42)35(44)26-10-13-28(14-11-26)40-34(43)21-27-12-17-30(45-2)23-33(27)36(37,38)39/h5-17,22-23,42H,3-4,18-21,24H2,1-2H3,(H,40,43). The van der Waals surface area contributed by atoms with Gasteiger partial charge in [-0.25, -0.2) is 0 Å². The number of aliphatic hydroxyl groups is 1. The SMILES string of the molecule is CCCCOc1cccc(Oc2ccc(CN(CCO)C(=O)c3ccc(NC(=O)Cc4ccc(OC)cc4C(F)(F)F)cc3)cc2)c1. The number of hydrogen-bond acceptors (Lipinski definition) is 6. The van der Waals surface area contributed by atoms with Gasteiger partial charge in [0.25, 0.3) is 5.91 Å². The van der Waals surface area contributed by atoms with Crippen molar-refractivity contribution in [3.05, 3.63) is 113 Å². The summed E-state index contributed by atoms with van der Waals surface area (Å²) in [6.07, 6.45) is -3.15. The van der Waals surface area contributed by atoms with Crippen LogP contribution in [0.1, 0.15) is 46.8 Å². The van der Waals surface area contributed by atoms with Crippen LogP contribution in [0.5, 0.6) is 23.0 Å². The van der Waals surface area contributed by atoms with E-state index in [0.29, 0.717) is 29.4 Å². The summed E-state index contributed by atoms with van der Waals surface area (Å²) in [5.41, 5.74) is 0.306. The lowest BCUT2D eigenvalue weighted by atomic mass is 10.0. The van der Waals surface area contributed by atoms with Crippen LogP contribution in [0.3, 0.4) is 0 Å². The summed E-state index contributed by atoms with van der Waals surface area (Å²) in [5, 5.41) is 12.2. The van der Waals surface area contributed by atoms with Gasteiger partial charge in [-0.1, -0.05) is 37.6 Å². The number of hydrogen-bond donors (Lipinski definition) is 2. The average molecular weight is 651 g/mol. The third-order valence-corrected chi connectivity index (χ3v) is 7.15. The molecule has 0 heterocycles. The van der Waals surface area contributed by atoms with Crippen LogP contribution in [0.4, 0.5) is 18.9 Å². The van der Waals surface area contributed by atoms with Crippen molar-refractivity contribution < 1.29 is 42.1 Å². The first kappa shape index (κ1) is 34.8. The maximum absolute atomic E-state index is 13.5. The largest absolute Gasteiger partial charge is 0.497 e. The van der Waals surface area contributed by atoms with Crippen LogP contribution >= 0.6 is 0 Å². The number of halogens is 3. The number of nitrogens with zero attached hydrogens (tertiary/aromatic N) is 1. The van der Waals surface area contributed by atoms with Crippen molar-refractivity contribution in [2.45, 2.75) is 38.9 Å². The Balaban J connectivity index is 1.36. The van der Waals surface area contributed by atoms with Crippen molar-refractivity contribution in [2.24, 2.45) is 0 Å². The molecule has 0 radical (unpaired) electrons. The van der Waals surface area contributed by atoms with Crippen LogP contribution in [-0.2, 0) is 23.9 Å². The topological polar surface area (TPSA) is 97.3 Å². The predicted molar refractivity (Wildman–Crippen MR) is 172 cm³/mol. The molecule has 8 nitrogen and oxygen atoms in total. The maximum Gasteiger partial charge on any atom is 0.416 e. The normalized spacial score (nSPS) is 11.1. The molecule has 0 spiro atoms. The van der Waals surface area contributed by atoms with Gasteiger partial charge in [-0.15, -0.1) is 0 Å². The number of aliphatic hydroxyl groups excluding tert-OH is 1. The summed E-state index contributed by atoms with van der Waals surface area (Å²) < 4.78 is 57.2. The highest BCUT2D eigenvalue weighted by Crippen LogP contribution is 2.35. The highest BCUT2D eigenvalue weighted by atomic mass is 19.4. The molecule has 0 aliphatic rings. The first-order valence-corrected chi connectivity index (χ1v) is 15.1. The Labute approximate surface area is 271 Å². The summed E-state index contributed by atoms with van der Waals surface area (Å²) in [7, 11) is 1.26. The lowest BCUT2D eigenvalue weighted by Gasteiger charge is -2.22. The maximum atomic E-state index is 13.5. The van der Waals surface area contributed by atoms with E-state index < -0.39 is 24.1 Å². The van der Waals surface area contributed by atoms with E-state index >= 15 is 0 Å². The third-order valence-electron chi connectivity index (χ3n) is 7.15. The number of benzene rings is 4. The van der Waals surface area contributed by atoms with Crippen LogP contribution in [0.2, 0.25) is 0 Å². The molecule has 4 rings (SSSR count). The molecule has 0 atom stereocenters. The Morgan fingerprint density at radius 3 is 2.23 bits per heavy atom. The molecule has 0 saturated heterocycles. The molecule has 0 aliphatic heterocycles. The minimum absolute atomic E-state index is 0.0356. The van der Waals surface area contributed by atoms with Crippen molar-refractivity contribution >= 4 is 17.5 Å². The number of ether oxygens (including phenoxy) is 3. The number of nitrogens with one attached hydrogen (secondary N) is 1. The van der Waals surface area contributed by atoms with Crippen LogP contribution in [0.15, 0.2) is 91.0 Å². The molecule has 47 heavy (non-hydrogen) atoms.